The van der Waals surface area contributed by atoms with E-state index in [2.05, 4.69) is 210 Å². The van der Waals surface area contributed by atoms with Crippen molar-refractivity contribution in [3.05, 3.63) is 204 Å². The molecule has 0 bridgehead atoms. The summed E-state index contributed by atoms with van der Waals surface area (Å²) < 4.78 is 6.77. The van der Waals surface area contributed by atoms with Gasteiger partial charge in [0.1, 0.15) is 11.2 Å². The molecule has 0 unspecified atom stereocenters. The Hall–Kier alpha value is -7.22. The molecular formula is C60H42O. The van der Waals surface area contributed by atoms with Crippen molar-refractivity contribution in [2.75, 3.05) is 0 Å². The number of hydrogen-bond donors (Lipinski definition) is 0. The van der Waals surface area contributed by atoms with Crippen molar-refractivity contribution in [1.29, 1.82) is 0 Å². The van der Waals surface area contributed by atoms with Crippen LogP contribution < -0.4 is 0 Å². The van der Waals surface area contributed by atoms with Gasteiger partial charge in [0, 0.05) is 27.2 Å². The Morgan fingerprint density at radius 3 is 1.61 bits per heavy atom. The van der Waals surface area contributed by atoms with Crippen molar-refractivity contribution in [2.45, 2.75) is 38.5 Å². The lowest BCUT2D eigenvalue weighted by molar-refractivity contribution is 0.653. The molecule has 1 nitrogen and oxygen atoms in total. The minimum Gasteiger partial charge on any atom is -0.455 e. The summed E-state index contributed by atoms with van der Waals surface area (Å²) >= 11 is 0. The van der Waals surface area contributed by atoms with Gasteiger partial charge in [0.2, 0.25) is 0 Å². The van der Waals surface area contributed by atoms with Crippen molar-refractivity contribution in [3.63, 3.8) is 0 Å². The van der Waals surface area contributed by atoms with E-state index < -0.39 is 0 Å². The van der Waals surface area contributed by atoms with E-state index >= 15 is 0 Å². The molecule has 0 atom stereocenters. The van der Waals surface area contributed by atoms with Crippen molar-refractivity contribution < 1.29 is 4.42 Å². The van der Waals surface area contributed by atoms with E-state index in [0.717, 1.165) is 11.2 Å². The normalized spacial score (nSPS) is 14.5. The van der Waals surface area contributed by atoms with Crippen LogP contribution in [0, 0.1) is 0 Å². The molecule has 13 rings (SSSR count). The van der Waals surface area contributed by atoms with Crippen LogP contribution in [0.5, 0.6) is 0 Å². The number of fused-ring (bicyclic) bond motifs is 14. The van der Waals surface area contributed by atoms with Crippen LogP contribution in [0.4, 0.5) is 0 Å². The fourth-order valence-electron chi connectivity index (χ4n) is 11.4. The summed E-state index contributed by atoms with van der Waals surface area (Å²) in [7, 11) is 0. The molecule has 11 aromatic rings. The number of furan rings is 1. The molecule has 0 amide bonds. The third kappa shape index (κ3) is 4.67. The molecule has 0 N–H and O–H groups in total. The zero-order valence-corrected chi connectivity index (χ0v) is 34.7. The highest BCUT2D eigenvalue weighted by Crippen LogP contribution is 2.55. The summed E-state index contributed by atoms with van der Waals surface area (Å²) in [4.78, 5) is 0. The highest BCUT2D eigenvalue weighted by atomic mass is 16.3. The Kier molecular flexibility index (Phi) is 6.91. The van der Waals surface area contributed by atoms with Crippen LogP contribution in [0.3, 0.4) is 0 Å². The first-order valence-electron chi connectivity index (χ1n) is 21.6. The molecule has 0 spiro atoms. The van der Waals surface area contributed by atoms with E-state index in [1.807, 2.05) is 0 Å². The van der Waals surface area contributed by atoms with Crippen LogP contribution >= 0.6 is 0 Å². The lowest BCUT2D eigenvalue weighted by Crippen LogP contribution is -2.15. The second kappa shape index (κ2) is 12.2. The highest BCUT2D eigenvalue weighted by molar-refractivity contribution is 6.23. The summed E-state index contributed by atoms with van der Waals surface area (Å²) in [5.41, 5.74) is 19.8. The smallest absolute Gasteiger partial charge is 0.143 e. The second-order valence-electron chi connectivity index (χ2n) is 18.4. The summed E-state index contributed by atoms with van der Waals surface area (Å²) in [6, 6.07) is 67.9. The summed E-state index contributed by atoms with van der Waals surface area (Å²) in [5.74, 6) is 0. The first-order valence-corrected chi connectivity index (χ1v) is 21.6. The van der Waals surface area contributed by atoms with Gasteiger partial charge in [0.25, 0.3) is 0 Å². The lowest BCUT2D eigenvalue weighted by atomic mass is 9.80. The second-order valence-corrected chi connectivity index (χ2v) is 18.4. The van der Waals surface area contributed by atoms with Crippen molar-refractivity contribution >= 4 is 54.3 Å². The molecule has 0 saturated heterocycles. The number of benzene rings is 10. The number of rotatable bonds is 3. The maximum atomic E-state index is 6.77. The van der Waals surface area contributed by atoms with Crippen molar-refractivity contribution in [1.82, 2.24) is 0 Å². The van der Waals surface area contributed by atoms with Gasteiger partial charge >= 0.3 is 0 Å². The summed E-state index contributed by atoms with van der Waals surface area (Å²) in [6.07, 6.45) is 0. The zero-order chi connectivity index (χ0) is 40.8. The Balaban J connectivity index is 0.935. The van der Waals surface area contributed by atoms with E-state index in [1.54, 1.807) is 0 Å². The van der Waals surface area contributed by atoms with Gasteiger partial charge in [-0.25, -0.2) is 0 Å². The third-order valence-electron chi connectivity index (χ3n) is 14.5. The van der Waals surface area contributed by atoms with Gasteiger partial charge in [-0.15, -0.1) is 0 Å². The van der Waals surface area contributed by atoms with Gasteiger partial charge in [-0.2, -0.15) is 0 Å². The average Bonchev–Trinajstić information content (AvgIpc) is 3.87. The Morgan fingerprint density at radius 1 is 0.328 bits per heavy atom. The van der Waals surface area contributed by atoms with E-state index in [-0.39, 0.29) is 10.8 Å². The fourth-order valence-corrected chi connectivity index (χ4v) is 11.4. The van der Waals surface area contributed by atoms with Gasteiger partial charge < -0.3 is 4.42 Å². The first kappa shape index (κ1) is 34.6. The van der Waals surface area contributed by atoms with Crippen LogP contribution in [0.25, 0.3) is 110 Å². The molecule has 0 fully saturated rings. The molecule has 0 aliphatic heterocycles. The zero-order valence-electron chi connectivity index (χ0n) is 34.7. The van der Waals surface area contributed by atoms with Gasteiger partial charge in [-0.1, -0.05) is 185 Å². The maximum Gasteiger partial charge on any atom is 0.143 e. The van der Waals surface area contributed by atoms with Gasteiger partial charge in [0.05, 0.1) is 0 Å². The quantitative estimate of drug-likeness (QED) is 0.163. The van der Waals surface area contributed by atoms with Gasteiger partial charge in [-0.05, 0) is 129 Å². The predicted octanol–water partition coefficient (Wildman–Crippen LogP) is 16.7. The largest absolute Gasteiger partial charge is 0.455 e. The molecular weight excluding hydrogens is 737 g/mol. The van der Waals surface area contributed by atoms with Gasteiger partial charge in [-0.3, -0.25) is 0 Å². The van der Waals surface area contributed by atoms with Gasteiger partial charge in [0.15, 0.2) is 0 Å². The predicted molar refractivity (Wildman–Crippen MR) is 258 cm³/mol. The van der Waals surface area contributed by atoms with E-state index in [0.29, 0.717) is 0 Å². The highest BCUT2D eigenvalue weighted by Gasteiger charge is 2.39. The van der Waals surface area contributed by atoms with E-state index in [4.69, 9.17) is 4.42 Å². The Bertz CT molecular complexity index is 3630. The average molecular weight is 779 g/mol. The molecule has 2 aliphatic rings. The van der Waals surface area contributed by atoms with E-state index in [1.165, 1.54) is 121 Å². The molecule has 288 valence electrons. The maximum absolute atomic E-state index is 6.77. The molecule has 0 radical (unpaired) electrons. The topological polar surface area (TPSA) is 13.1 Å². The summed E-state index contributed by atoms with van der Waals surface area (Å²) in [6.45, 7) is 9.52. The Labute approximate surface area is 355 Å². The molecule has 1 aromatic heterocycles. The van der Waals surface area contributed by atoms with Crippen LogP contribution in [0.1, 0.15) is 49.9 Å². The first-order chi connectivity index (χ1) is 29.8. The molecule has 2 aliphatic carbocycles. The van der Waals surface area contributed by atoms with E-state index in [9.17, 15) is 0 Å². The minimum absolute atomic E-state index is 0.153. The van der Waals surface area contributed by atoms with Crippen LogP contribution in [-0.4, -0.2) is 0 Å². The molecule has 61 heavy (non-hydrogen) atoms. The lowest BCUT2D eigenvalue weighted by Gasteiger charge is -2.23. The summed E-state index contributed by atoms with van der Waals surface area (Å²) in [5, 5.41) is 10.0. The fraction of sp³-hybridized carbons (Fsp3) is 0.100. The van der Waals surface area contributed by atoms with Crippen LogP contribution in [0.15, 0.2) is 186 Å². The Morgan fingerprint density at radius 2 is 0.869 bits per heavy atom. The SMILES string of the molecule is CC1(C)c2ccc(-c3ccc4c(c3)C(C)(C)c3ccc5c(oc6ccc7ccccc7c65)c3-4)cc2-c2ccc(-c3c4ccccc4c(-c4ccccc4)c4ccccc34)cc21. The molecule has 10 aromatic carbocycles. The van der Waals surface area contributed by atoms with Crippen LogP contribution in [-0.2, 0) is 10.8 Å². The minimum atomic E-state index is -0.175. The van der Waals surface area contributed by atoms with Crippen LogP contribution in [0.2, 0.25) is 0 Å². The standard InChI is InChI=1S/C60H42O/c1-59(2)49-29-24-37(38-22-27-46-52(33-38)60(3,4)50-30-28-47-56-40-17-9-8-14-35(40)25-31-53(56)61-58(47)57(46)50)32-48(49)41-26-23-39(34-51(41)59)55-44-20-12-10-18-42(44)54(36-15-6-5-7-16-36)43-19-11-13-21-45(43)55/h5-34H,1-4H3. The number of hydrogen-bond acceptors (Lipinski definition) is 1. The molecule has 1 heteroatoms. The monoisotopic (exact) mass is 778 g/mol. The third-order valence-corrected chi connectivity index (χ3v) is 14.5. The van der Waals surface area contributed by atoms with Crippen molar-refractivity contribution in [2.24, 2.45) is 0 Å². The molecule has 1 heterocycles. The molecule has 0 saturated carbocycles. The van der Waals surface area contributed by atoms with Crippen molar-refractivity contribution in [3.8, 4) is 55.6 Å².